The molecule has 1 aromatic heterocycles. The normalized spacial score (nSPS) is 10.1. The fourth-order valence-electron chi connectivity index (χ4n) is 1.27. The highest BCUT2D eigenvalue weighted by molar-refractivity contribution is 5.43. The molecule has 0 spiro atoms. The minimum atomic E-state index is 0.594. The zero-order valence-corrected chi connectivity index (χ0v) is 10.7. The molecular weight excluding hydrogens is 204 g/mol. The highest BCUT2D eigenvalue weighted by Gasteiger charge is 2.09. The first kappa shape index (κ1) is 12.5. The summed E-state index contributed by atoms with van der Waals surface area (Å²) in [6, 6.07) is 0. The van der Waals surface area contributed by atoms with E-state index in [1.807, 2.05) is 30.9 Å². The molecule has 0 aromatic carbocycles. The quantitative estimate of drug-likeness (QED) is 0.799. The summed E-state index contributed by atoms with van der Waals surface area (Å²) in [5, 5.41) is 2.94. The fraction of sp³-hybridized carbons (Fsp3) is 0.700. The minimum absolute atomic E-state index is 0.594. The summed E-state index contributed by atoms with van der Waals surface area (Å²) in [6.07, 6.45) is 1.06. The maximum Gasteiger partial charge on any atom is 0.231 e. The van der Waals surface area contributed by atoms with E-state index in [1.54, 1.807) is 7.05 Å². The number of hydrogen-bond acceptors (Lipinski definition) is 6. The van der Waals surface area contributed by atoms with E-state index >= 15 is 0 Å². The highest BCUT2D eigenvalue weighted by Crippen LogP contribution is 2.13. The van der Waals surface area contributed by atoms with Crippen LogP contribution in [-0.2, 0) is 0 Å². The minimum Gasteiger partial charge on any atom is -0.357 e. The second-order valence-corrected chi connectivity index (χ2v) is 3.82. The molecule has 0 aliphatic carbocycles. The van der Waals surface area contributed by atoms with Gasteiger partial charge in [-0.1, -0.05) is 6.92 Å². The topological polar surface area (TPSA) is 57.2 Å². The zero-order chi connectivity index (χ0) is 12.1. The van der Waals surface area contributed by atoms with Gasteiger partial charge in [-0.3, -0.25) is 0 Å². The van der Waals surface area contributed by atoms with E-state index in [0.717, 1.165) is 13.0 Å². The summed E-state index contributed by atoms with van der Waals surface area (Å²) >= 11 is 0. The van der Waals surface area contributed by atoms with Gasteiger partial charge in [-0.2, -0.15) is 15.0 Å². The number of nitrogens with one attached hydrogen (secondary N) is 1. The number of nitrogens with zero attached hydrogens (tertiary/aromatic N) is 5. The van der Waals surface area contributed by atoms with Crippen LogP contribution >= 0.6 is 0 Å². The van der Waals surface area contributed by atoms with Gasteiger partial charge in [-0.15, -0.1) is 0 Å². The molecule has 1 rings (SSSR count). The smallest absolute Gasteiger partial charge is 0.231 e. The van der Waals surface area contributed by atoms with Crippen molar-refractivity contribution >= 4 is 17.8 Å². The van der Waals surface area contributed by atoms with Crippen molar-refractivity contribution in [1.29, 1.82) is 0 Å². The van der Waals surface area contributed by atoms with E-state index in [0.29, 0.717) is 17.8 Å². The average Bonchev–Trinajstić information content (AvgIpc) is 2.28. The largest absolute Gasteiger partial charge is 0.357 e. The summed E-state index contributed by atoms with van der Waals surface area (Å²) in [7, 11) is 7.62. The van der Waals surface area contributed by atoms with Crippen LogP contribution in [0.25, 0.3) is 0 Å². The van der Waals surface area contributed by atoms with Crippen molar-refractivity contribution in [2.45, 2.75) is 13.3 Å². The SMILES string of the molecule is CCCN(C)c1nc(NC)nc(N(C)C)n1. The zero-order valence-electron chi connectivity index (χ0n) is 10.7. The van der Waals surface area contributed by atoms with Crippen molar-refractivity contribution in [3.63, 3.8) is 0 Å². The lowest BCUT2D eigenvalue weighted by Crippen LogP contribution is -2.23. The molecule has 1 N–H and O–H groups in total. The van der Waals surface area contributed by atoms with E-state index in [4.69, 9.17) is 0 Å². The highest BCUT2D eigenvalue weighted by atomic mass is 15.3. The Morgan fingerprint density at radius 1 is 1.06 bits per heavy atom. The Balaban J connectivity index is 3.03. The van der Waals surface area contributed by atoms with Gasteiger partial charge in [0.05, 0.1) is 0 Å². The van der Waals surface area contributed by atoms with Crippen molar-refractivity contribution in [3.8, 4) is 0 Å². The Morgan fingerprint density at radius 2 is 1.69 bits per heavy atom. The Bertz CT molecular complexity index is 338. The van der Waals surface area contributed by atoms with Gasteiger partial charge in [0, 0.05) is 34.7 Å². The molecule has 0 saturated heterocycles. The summed E-state index contributed by atoms with van der Waals surface area (Å²) in [4.78, 5) is 16.9. The number of hydrogen-bond donors (Lipinski definition) is 1. The van der Waals surface area contributed by atoms with E-state index in [9.17, 15) is 0 Å². The molecule has 1 heterocycles. The van der Waals surface area contributed by atoms with Crippen LogP contribution in [-0.4, -0.2) is 49.7 Å². The Labute approximate surface area is 96.7 Å². The van der Waals surface area contributed by atoms with Gasteiger partial charge in [0.25, 0.3) is 0 Å². The van der Waals surface area contributed by atoms with Crippen LogP contribution in [0, 0.1) is 0 Å². The Hall–Kier alpha value is -1.59. The molecular formula is C10H20N6. The van der Waals surface area contributed by atoms with Crippen LogP contribution in [0.3, 0.4) is 0 Å². The molecule has 1 aromatic rings. The van der Waals surface area contributed by atoms with Crippen LogP contribution < -0.4 is 15.1 Å². The second-order valence-electron chi connectivity index (χ2n) is 3.82. The standard InChI is InChI=1S/C10H20N6/c1-6-7-16(5)10-13-8(11-2)12-9(14-10)15(3)4/h6-7H2,1-5H3,(H,11,12,13,14). The number of anilines is 3. The predicted octanol–water partition coefficient (Wildman–Crippen LogP) is 0.825. The van der Waals surface area contributed by atoms with Crippen molar-refractivity contribution in [2.75, 3.05) is 49.9 Å². The van der Waals surface area contributed by atoms with Crippen LogP contribution in [0.5, 0.6) is 0 Å². The second kappa shape index (κ2) is 5.48. The molecule has 0 amide bonds. The first-order valence-electron chi connectivity index (χ1n) is 5.40. The van der Waals surface area contributed by atoms with E-state index in [1.165, 1.54) is 0 Å². The summed E-state index contributed by atoms with van der Waals surface area (Å²) in [5.74, 6) is 1.96. The third kappa shape index (κ3) is 2.95. The molecule has 6 heteroatoms. The molecule has 0 aliphatic rings. The molecule has 0 bridgehead atoms. The number of aromatic nitrogens is 3. The lowest BCUT2D eigenvalue weighted by atomic mass is 10.4. The summed E-state index contributed by atoms with van der Waals surface area (Å²) in [6.45, 7) is 3.06. The van der Waals surface area contributed by atoms with Crippen LogP contribution in [0.15, 0.2) is 0 Å². The van der Waals surface area contributed by atoms with Gasteiger partial charge in [0.1, 0.15) is 0 Å². The molecule has 0 aliphatic heterocycles. The van der Waals surface area contributed by atoms with Crippen molar-refractivity contribution < 1.29 is 0 Å². The third-order valence-electron chi connectivity index (χ3n) is 2.14. The van der Waals surface area contributed by atoms with E-state index < -0.39 is 0 Å². The molecule has 0 atom stereocenters. The maximum absolute atomic E-state index is 4.39. The number of rotatable bonds is 5. The lowest BCUT2D eigenvalue weighted by molar-refractivity contribution is 0.807. The molecule has 6 nitrogen and oxygen atoms in total. The van der Waals surface area contributed by atoms with Crippen LogP contribution in [0.2, 0.25) is 0 Å². The predicted molar refractivity (Wildman–Crippen MR) is 67.3 cm³/mol. The Kier molecular flexibility index (Phi) is 4.28. The van der Waals surface area contributed by atoms with Gasteiger partial charge in [0.15, 0.2) is 0 Å². The van der Waals surface area contributed by atoms with Crippen molar-refractivity contribution in [3.05, 3.63) is 0 Å². The average molecular weight is 224 g/mol. The maximum atomic E-state index is 4.39. The molecule has 0 fully saturated rings. The van der Waals surface area contributed by atoms with Crippen molar-refractivity contribution in [2.24, 2.45) is 0 Å². The van der Waals surface area contributed by atoms with Gasteiger partial charge in [-0.25, -0.2) is 0 Å². The lowest BCUT2D eigenvalue weighted by Gasteiger charge is -2.18. The van der Waals surface area contributed by atoms with Crippen LogP contribution in [0.1, 0.15) is 13.3 Å². The first-order chi connectivity index (χ1) is 7.58. The molecule has 90 valence electrons. The third-order valence-corrected chi connectivity index (χ3v) is 2.14. The van der Waals surface area contributed by atoms with Gasteiger partial charge in [0.2, 0.25) is 17.8 Å². The van der Waals surface area contributed by atoms with Gasteiger partial charge in [-0.05, 0) is 6.42 Å². The molecule has 0 radical (unpaired) electrons. The van der Waals surface area contributed by atoms with Gasteiger partial charge < -0.3 is 15.1 Å². The van der Waals surface area contributed by atoms with Crippen molar-refractivity contribution in [1.82, 2.24) is 15.0 Å². The monoisotopic (exact) mass is 224 g/mol. The molecule has 0 unspecified atom stereocenters. The Morgan fingerprint density at radius 3 is 2.19 bits per heavy atom. The molecule has 0 saturated carbocycles. The first-order valence-corrected chi connectivity index (χ1v) is 5.40. The molecule has 16 heavy (non-hydrogen) atoms. The van der Waals surface area contributed by atoms with Gasteiger partial charge >= 0.3 is 0 Å². The van der Waals surface area contributed by atoms with Crippen LogP contribution in [0.4, 0.5) is 17.8 Å². The summed E-state index contributed by atoms with van der Waals surface area (Å²) < 4.78 is 0. The summed E-state index contributed by atoms with van der Waals surface area (Å²) in [5.41, 5.74) is 0. The van der Waals surface area contributed by atoms with E-state index in [2.05, 4.69) is 27.2 Å². The van der Waals surface area contributed by atoms with E-state index in [-0.39, 0.29) is 0 Å². The fourth-order valence-corrected chi connectivity index (χ4v) is 1.27.